The maximum Gasteiger partial charge on any atom is 0.314 e. The first-order chi connectivity index (χ1) is 14.4. The molecule has 2 aromatic rings. The van der Waals surface area contributed by atoms with Gasteiger partial charge >= 0.3 is 5.69 Å². The van der Waals surface area contributed by atoms with Crippen LogP contribution in [0.1, 0.15) is 26.7 Å². The lowest BCUT2D eigenvalue weighted by atomic mass is 10.2. The fourth-order valence-electron chi connectivity index (χ4n) is 2.88. The van der Waals surface area contributed by atoms with Gasteiger partial charge in [0.1, 0.15) is 25.4 Å². The fraction of sp³-hybridized carbons (Fsp3) is 0.400. The zero-order valence-electron chi connectivity index (χ0n) is 16.6. The Bertz CT molecular complexity index is 931. The largest absolute Gasteiger partial charge is 0.486 e. The van der Waals surface area contributed by atoms with Crippen LogP contribution in [0.2, 0.25) is 0 Å². The first-order valence-corrected chi connectivity index (χ1v) is 9.57. The van der Waals surface area contributed by atoms with Gasteiger partial charge in [-0.1, -0.05) is 19.9 Å². The summed E-state index contributed by atoms with van der Waals surface area (Å²) in [5.74, 6) is 1.74. The molecule has 0 amide bonds. The van der Waals surface area contributed by atoms with Gasteiger partial charge < -0.3 is 18.9 Å². The number of rotatable bonds is 4. The number of hydrogen-bond acceptors (Lipinski definition) is 8. The Morgan fingerprint density at radius 3 is 2.17 bits per heavy atom. The van der Waals surface area contributed by atoms with E-state index in [1.807, 2.05) is 13.8 Å². The molecule has 2 heterocycles. The lowest BCUT2D eigenvalue weighted by molar-refractivity contribution is -0.386. The molecule has 0 bridgehead atoms. The maximum absolute atomic E-state index is 10.7. The van der Waals surface area contributed by atoms with E-state index in [9.17, 15) is 20.2 Å². The van der Waals surface area contributed by atoms with Crippen LogP contribution < -0.4 is 18.9 Å². The summed E-state index contributed by atoms with van der Waals surface area (Å²) in [6.07, 6.45) is 1.57. The van der Waals surface area contributed by atoms with Gasteiger partial charge in [0.2, 0.25) is 5.75 Å². The van der Waals surface area contributed by atoms with E-state index in [0.29, 0.717) is 30.5 Å². The van der Waals surface area contributed by atoms with Crippen LogP contribution in [0.3, 0.4) is 0 Å². The third-order valence-electron chi connectivity index (χ3n) is 4.63. The zero-order valence-corrected chi connectivity index (χ0v) is 16.6. The normalized spacial score (nSPS) is 18.6. The van der Waals surface area contributed by atoms with Gasteiger partial charge in [0, 0.05) is 12.1 Å². The molecule has 0 fully saturated rings. The lowest BCUT2D eigenvalue weighted by Crippen LogP contribution is -2.28. The van der Waals surface area contributed by atoms with Gasteiger partial charge in [-0.05, 0) is 25.0 Å². The number of nitro benzene ring substituents is 2. The number of non-ortho nitro benzene ring substituents is 1. The minimum absolute atomic E-state index is 0.0206. The number of ether oxygens (including phenoxy) is 4. The van der Waals surface area contributed by atoms with Crippen LogP contribution in [0.5, 0.6) is 23.0 Å². The molecule has 160 valence electrons. The van der Waals surface area contributed by atoms with Gasteiger partial charge in [0.15, 0.2) is 17.2 Å². The molecule has 2 aliphatic rings. The van der Waals surface area contributed by atoms with Crippen molar-refractivity contribution in [2.75, 3.05) is 13.2 Å². The second kappa shape index (κ2) is 9.29. The van der Waals surface area contributed by atoms with E-state index < -0.39 is 9.85 Å². The van der Waals surface area contributed by atoms with Crippen LogP contribution in [-0.4, -0.2) is 35.3 Å². The molecule has 0 spiro atoms. The molecule has 2 atom stereocenters. The summed E-state index contributed by atoms with van der Waals surface area (Å²) >= 11 is 0. The second-order valence-electron chi connectivity index (χ2n) is 6.67. The smallest absolute Gasteiger partial charge is 0.314 e. The summed E-state index contributed by atoms with van der Waals surface area (Å²) in [5, 5.41) is 21.3. The zero-order chi connectivity index (χ0) is 21.7. The first-order valence-electron chi connectivity index (χ1n) is 9.57. The fourth-order valence-corrected chi connectivity index (χ4v) is 2.88. The molecule has 0 radical (unpaired) electrons. The van der Waals surface area contributed by atoms with Crippen molar-refractivity contribution in [1.29, 1.82) is 0 Å². The highest BCUT2D eigenvalue weighted by molar-refractivity contribution is 5.56. The monoisotopic (exact) mass is 418 g/mol. The van der Waals surface area contributed by atoms with Crippen molar-refractivity contribution in [2.24, 2.45) is 0 Å². The number of fused-ring (bicyclic) bond motifs is 2. The van der Waals surface area contributed by atoms with E-state index in [1.165, 1.54) is 18.2 Å². The van der Waals surface area contributed by atoms with Crippen molar-refractivity contribution in [3.63, 3.8) is 0 Å². The number of nitrogens with zero attached hydrogens (tertiary/aromatic N) is 2. The van der Waals surface area contributed by atoms with Crippen LogP contribution >= 0.6 is 0 Å². The molecular formula is C20H22N2O8. The molecule has 2 aromatic carbocycles. The molecule has 10 nitrogen and oxygen atoms in total. The Kier molecular flexibility index (Phi) is 6.55. The molecule has 10 heteroatoms. The van der Waals surface area contributed by atoms with Gasteiger partial charge in [0.05, 0.1) is 15.9 Å². The number of hydrogen-bond donors (Lipinski definition) is 0. The van der Waals surface area contributed by atoms with Gasteiger partial charge in [0.25, 0.3) is 5.69 Å². The highest BCUT2D eigenvalue weighted by atomic mass is 16.6. The molecular weight excluding hydrogens is 396 g/mol. The van der Waals surface area contributed by atoms with E-state index >= 15 is 0 Å². The molecule has 0 aliphatic carbocycles. The van der Waals surface area contributed by atoms with Gasteiger partial charge in [-0.2, -0.15) is 0 Å². The predicted molar refractivity (Wildman–Crippen MR) is 107 cm³/mol. The molecule has 0 N–H and O–H groups in total. The maximum atomic E-state index is 10.7. The van der Waals surface area contributed by atoms with Gasteiger partial charge in [-0.3, -0.25) is 20.2 Å². The molecule has 0 saturated carbocycles. The second-order valence-corrected chi connectivity index (χ2v) is 6.67. The molecule has 0 saturated heterocycles. The minimum Gasteiger partial charge on any atom is -0.486 e. The molecule has 2 unspecified atom stereocenters. The predicted octanol–water partition coefficient (Wildman–Crippen LogP) is 4.29. The Balaban J connectivity index is 0.000000171. The van der Waals surface area contributed by atoms with Crippen molar-refractivity contribution >= 4 is 11.4 Å². The molecule has 4 rings (SSSR count). The number of nitro groups is 2. The Morgan fingerprint density at radius 1 is 0.867 bits per heavy atom. The average molecular weight is 418 g/mol. The topological polar surface area (TPSA) is 123 Å². The van der Waals surface area contributed by atoms with Gasteiger partial charge in [-0.15, -0.1) is 0 Å². The standard InChI is InChI=1S/2C10H11NO4/c1-2-8-6-14-10-5-7(11(12)13)3-4-9(10)15-8;1-2-7-6-14-9-5-3-4-8(11(12)13)10(9)15-7/h3-5,8H,2,6H2,1H3;3-5,7H,2,6H2,1H3. The summed E-state index contributed by atoms with van der Waals surface area (Å²) in [6.45, 7) is 4.85. The highest BCUT2D eigenvalue weighted by Crippen LogP contribution is 2.40. The number of benzene rings is 2. The molecule has 30 heavy (non-hydrogen) atoms. The van der Waals surface area contributed by atoms with Crippen molar-refractivity contribution in [1.82, 2.24) is 0 Å². The van der Waals surface area contributed by atoms with Crippen LogP contribution in [0.15, 0.2) is 36.4 Å². The summed E-state index contributed by atoms with van der Waals surface area (Å²) in [5.41, 5.74) is -0.0158. The first kappa shape index (κ1) is 21.2. The van der Waals surface area contributed by atoms with E-state index in [0.717, 1.165) is 12.8 Å². The third kappa shape index (κ3) is 4.70. The van der Waals surface area contributed by atoms with Crippen LogP contribution in [0.4, 0.5) is 11.4 Å². The summed E-state index contributed by atoms with van der Waals surface area (Å²) in [4.78, 5) is 20.3. The lowest BCUT2D eigenvalue weighted by Gasteiger charge is -2.25. The van der Waals surface area contributed by atoms with Crippen LogP contribution in [-0.2, 0) is 0 Å². The Morgan fingerprint density at radius 2 is 1.53 bits per heavy atom. The molecule has 2 aliphatic heterocycles. The summed E-state index contributed by atoms with van der Waals surface area (Å²) in [7, 11) is 0. The Labute approximate surface area is 172 Å². The summed E-state index contributed by atoms with van der Waals surface area (Å²) in [6, 6.07) is 9.07. The van der Waals surface area contributed by atoms with Crippen LogP contribution in [0.25, 0.3) is 0 Å². The minimum atomic E-state index is -0.458. The van der Waals surface area contributed by atoms with E-state index in [4.69, 9.17) is 18.9 Å². The Hall–Kier alpha value is -3.56. The quantitative estimate of drug-likeness (QED) is 0.532. The molecule has 0 aromatic heterocycles. The number of para-hydroxylation sites is 1. The van der Waals surface area contributed by atoms with Gasteiger partial charge in [-0.25, -0.2) is 0 Å². The van der Waals surface area contributed by atoms with Crippen LogP contribution in [0, 0.1) is 20.2 Å². The third-order valence-corrected chi connectivity index (χ3v) is 4.63. The van der Waals surface area contributed by atoms with E-state index in [1.54, 1.807) is 18.2 Å². The van der Waals surface area contributed by atoms with Crippen molar-refractivity contribution < 1.29 is 28.8 Å². The highest BCUT2D eigenvalue weighted by Gasteiger charge is 2.27. The van der Waals surface area contributed by atoms with Crippen molar-refractivity contribution in [3.05, 3.63) is 56.6 Å². The van der Waals surface area contributed by atoms with E-state index in [2.05, 4.69) is 0 Å². The van der Waals surface area contributed by atoms with E-state index in [-0.39, 0.29) is 29.3 Å². The average Bonchev–Trinajstić information content (AvgIpc) is 2.77. The SMILES string of the molecule is CCC1COc2cc([N+](=O)[O-])ccc2O1.CCC1COc2cccc([N+](=O)[O-])c2O1. The summed E-state index contributed by atoms with van der Waals surface area (Å²) < 4.78 is 21.9. The van der Waals surface area contributed by atoms with Crippen molar-refractivity contribution in [3.8, 4) is 23.0 Å². The van der Waals surface area contributed by atoms with Crippen molar-refractivity contribution in [2.45, 2.75) is 38.9 Å².